The average Bonchev–Trinajstić information content (AvgIpc) is 2.40. The Hall–Kier alpha value is -2.10. The zero-order chi connectivity index (χ0) is 13.4. The molecule has 4 heteroatoms. The van der Waals surface area contributed by atoms with Crippen LogP contribution in [0.3, 0.4) is 0 Å². The van der Waals surface area contributed by atoms with Crippen LogP contribution in [0.4, 0.5) is 0 Å². The van der Waals surface area contributed by atoms with Gasteiger partial charge in [0.15, 0.2) is 0 Å². The van der Waals surface area contributed by atoms with Crippen molar-refractivity contribution < 1.29 is 9.53 Å². The van der Waals surface area contributed by atoms with Crippen LogP contribution < -0.4 is 5.73 Å². The molecule has 0 saturated heterocycles. The molecule has 0 fully saturated rings. The molecule has 0 saturated carbocycles. The van der Waals surface area contributed by atoms with Gasteiger partial charge in [-0.15, -0.1) is 0 Å². The summed E-state index contributed by atoms with van der Waals surface area (Å²) < 4.78 is 4.62. The highest BCUT2D eigenvalue weighted by Gasteiger charge is 2.11. The van der Waals surface area contributed by atoms with Crippen LogP contribution in [-0.4, -0.2) is 25.3 Å². The Morgan fingerprint density at radius 3 is 2.61 bits per heavy atom. The van der Waals surface area contributed by atoms with Crippen LogP contribution >= 0.6 is 0 Å². The minimum absolute atomic E-state index is 0.311. The van der Waals surface area contributed by atoms with Crippen molar-refractivity contribution in [3.63, 3.8) is 0 Å². The Labute approximate surface area is 107 Å². The van der Waals surface area contributed by atoms with E-state index in [2.05, 4.69) is 9.73 Å². The van der Waals surface area contributed by atoms with Crippen molar-refractivity contribution in [2.24, 2.45) is 10.7 Å². The molecule has 0 atom stereocenters. The number of nitrogens with zero attached hydrogens (tertiary/aromatic N) is 1. The number of rotatable bonds is 5. The molecular formula is C14H18N2O2. The number of hydrogen-bond acceptors (Lipinski definition) is 4. The molecule has 0 aliphatic heterocycles. The van der Waals surface area contributed by atoms with Gasteiger partial charge in [-0.3, -0.25) is 4.99 Å². The minimum Gasteiger partial charge on any atom is -0.465 e. The van der Waals surface area contributed by atoms with Crippen LogP contribution in [0.2, 0.25) is 0 Å². The summed E-state index contributed by atoms with van der Waals surface area (Å²) in [5.74, 6) is -0.460. The van der Waals surface area contributed by atoms with Gasteiger partial charge in [-0.05, 0) is 18.9 Å². The largest absolute Gasteiger partial charge is 0.465 e. The molecule has 0 heterocycles. The number of hydrogen-bond donors (Lipinski definition) is 1. The molecule has 0 spiro atoms. The third-order valence-corrected chi connectivity index (χ3v) is 2.55. The predicted molar refractivity (Wildman–Crippen MR) is 72.4 cm³/mol. The summed E-state index contributed by atoms with van der Waals surface area (Å²) >= 11 is 0. The maximum absolute atomic E-state index is 11.4. The average molecular weight is 246 g/mol. The van der Waals surface area contributed by atoms with Gasteiger partial charge in [-0.2, -0.15) is 0 Å². The van der Waals surface area contributed by atoms with E-state index in [1.54, 1.807) is 6.92 Å². The molecule has 0 aromatic heterocycles. The monoisotopic (exact) mass is 246 g/mol. The van der Waals surface area contributed by atoms with E-state index in [9.17, 15) is 4.79 Å². The molecular weight excluding hydrogens is 228 g/mol. The van der Waals surface area contributed by atoms with E-state index in [1.807, 2.05) is 30.3 Å². The summed E-state index contributed by atoms with van der Waals surface area (Å²) in [7, 11) is 1.32. The number of benzene rings is 1. The van der Waals surface area contributed by atoms with E-state index >= 15 is 0 Å². The third-order valence-electron chi connectivity index (χ3n) is 2.55. The van der Waals surface area contributed by atoms with Crippen LogP contribution in [0.5, 0.6) is 0 Å². The van der Waals surface area contributed by atoms with Gasteiger partial charge in [0.05, 0.1) is 12.7 Å². The lowest BCUT2D eigenvalue weighted by Crippen LogP contribution is -2.14. The SMILES string of the molecule is COC(=O)C(=CN)C(C)=NCCc1ccccc1. The second-order valence-corrected chi connectivity index (χ2v) is 3.77. The van der Waals surface area contributed by atoms with Gasteiger partial charge in [0.1, 0.15) is 0 Å². The number of nitrogens with two attached hydrogens (primary N) is 1. The zero-order valence-electron chi connectivity index (χ0n) is 10.7. The van der Waals surface area contributed by atoms with E-state index in [1.165, 1.54) is 18.9 Å². The molecule has 0 aliphatic rings. The Morgan fingerprint density at radius 1 is 1.39 bits per heavy atom. The Bertz CT molecular complexity index is 450. The molecule has 18 heavy (non-hydrogen) atoms. The van der Waals surface area contributed by atoms with E-state index in [4.69, 9.17) is 5.73 Å². The molecule has 0 amide bonds. The summed E-state index contributed by atoms with van der Waals surface area (Å²) in [4.78, 5) is 15.7. The van der Waals surface area contributed by atoms with Crippen LogP contribution in [0.15, 0.2) is 47.1 Å². The highest BCUT2D eigenvalue weighted by molar-refractivity contribution is 6.18. The first-order chi connectivity index (χ1) is 8.69. The molecule has 0 radical (unpaired) electrons. The lowest BCUT2D eigenvalue weighted by Gasteiger charge is -2.04. The fraction of sp³-hybridized carbons (Fsp3) is 0.286. The molecule has 0 bridgehead atoms. The van der Waals surface area contributed by atoms with Crippen molar-refractivity contribution in [3.05, 3.63) is 47.7 Å². The summed E-state index contributed by atoms with van der Waals surface area (Å²) in [6.45, 7) is 2.37. The van der Waals surface area contributed by atoms with Gasteiger partial charge in [-0.25, -0.2) is 4.79 Å². The summed E-state index contributed by atoms with van der Waals surface area (Å²) in [5, 5.41) is 0. The first-order valence-electron chi connectivity index (χ1n) is 5.74. The normalized spacial score (nSPS) is 12.3. The maximum Gasteiger partial charge on any atom is 0.341 e. The lowest BCUT2D eigenvalue weighted by molar-refractivity contribution is -0.135. The number of carbonyl (C=O) groups is 1. The molecule has 4 nitrogen and oxygen atoms in total. The van der Waals surface area contributed by atoms with Crippen molar-refractivity contribution in [1.29, 1.82) is 0 Å². The van der Waals surface area contributed by atoms with Gasteiger partial charge >= 0.3 is 5.97 Å². The Kier molecular flexibility index (Phi) is 5.64. The predicted octanol–water partition coefficient (Wildman–Crippen LogP) is 1.71. The first-order valence-corrected chi connectivity index (χ1v) is 5.74. The summed E-state index contributed by atoms with van der Waals surface area (Å²) in [6.07, 6.45) is 2.06. The molecule has 1 rings (SSSR count). The molecule has 2 N–H and O–H groups in total. The van der Waals surface area contributed by atoms with E-state index in [0.29, 0.717) is 17.8 Å². The molecule has 0 aliphatic carbocycles. The topological polar surface area (TPSA) is 64.7 Å². The van der Waals surface area contributed by atoms with Crippen molar-refractivity contribution in [3.8, 4) is 0 Å². The van der Waals surface area contributed by atoms with Gasteiger partial charge in [-0.1, -0.05) is 30.3 Å². The first kappa shape index (κ1) is 14.0. The van der Waals surface area contributed by atoms with Crippen LogP contribution in [0, 0.1) is 0 Å². The highest BCUT2D eigenvalue weighted by Crippen LogP contribution is 2.03. The van der Waals surface area contributed by atoms with Crippen LogP contribution in [-0.2, 0) is 16.0 Å². The number of methoxy groups -OCH3 is 1. The van der Waals surface area contributed by atoms with Gasteiger partial charge in [0, 0.05) is 18.5 Å². The highest BCUT2D eigenvalue weighted by atomic mass is 16.5. The van der Waals surface area contributed by atoms with Crippen LogP contribution in [0.25, 0.3) is 0 Å². The fourth-order valence-electron chi connectivity index (χ4n) is 1.53. The Morgan fingerprint density at radius 2 is 2.06 bits per heavy atom. The second kappa shape index (κ2) is 7.27. The quantitative estimate of drug-likeness (QED) is 0.488. The van der Waals surface area contributed by atoms with Crippen molar-refractivity contribution in [2.75, 3.05) is 13.7 Å². The maximum atomic E-state index is 11.4. The van der Waals surface area contributed by atoms with Crippen LogP contribution in [0.1, 0.15) is 12.5 Å². The van der Waals surface area contributed by atoms with Gasteiger partial charge in [0.25, 0.3) is 0 Å². The number of carbonyl (C=O) groups excluding carboxylic acids is 1. The molecule has 1 aromatic rings. The van der Waals surface area contributed by atoms with E-state index < -0.39 is 5.97 Å². The van der Waals surface area contributed by atoms with E-state index in [0.717, 1.165) is 6.42 Å². The second-order valence-electron chi connectivity index (χ2n) is 3.77. The van der Waals surface area contributed by atoms with Gasteiger partial charge < -0.3 is 10.5 Å². The minimum atomic E-state index is -0.460. The zero-order valence-corrected chi connectivity index (χ0v) is 10.7. The molecule has 1 aromatic carbocycles. The lowest BCUT2D eigenvalue weighted by atomic mass is 10.1. The number of ether oxygens (including phenoxy) is 1. The van der Waals surface area contributed by atoms with Crippen molar-refractivity contribution >= 4 is 11.7 Å². The Balaban J connectivity index is 2.59. The molecule has 0 unspecified atom stereocenters. The summed E-state index contributed by atoms with van der Waals surface area (Å²) in [5.41, 5.74) is 7.51. The smallest absolute Gasteiger partial charge is 0.341 e. The van der Waals surface area contributed by atoms with Crippen molar-refractivity contribution in [1.82, 2.24) is 0 Å². The summed E-state index contributed by atoms with van der Waals surface area (Å²) in [6, 6.07) is 10.1. The van der Waals surface area contributed by atoms with Gasteiger partial charge in [0.2, 0.25) is 0 Å². The van der Waals surface area contributed by atoms with E-state index in [-0.39, 0.29) is 0 Å². The fourth-order valence-corrected chi connectivity index (χ4v) is 1.53. The number of aliphatic imine (C=N–C) groups is 1. The molecule has 96 valence electrons. The van der Waals surface area contributed by atoms with Crippen molar-refractivity contribution in [2.45, 2.75) is 13.3 Å². The third kappa shape index (κ3) is 4.05. The number of esters is 1. The standard InChI is InChI=1S/C14H18N2O2/c1-11(13(10-15)14(17)18-2)16-9-8-12-6-4-3-5-7-12/h3-7,10H,8-9,15H2,1-2H3.